The lowest BCUT2D eigenvalue weighted by Gasteiger charge is -2.20. The fraction of sp³-hybridized carbons (Fsp3) is 0.500. The third-order valence-corrected chi connectivity index (χ3v) is 3.56. The lowest BCUT2D eigenvalue weighted by atomic mass is 9.95. The van der Waals surface area contributed by atoms with E-state index >= 15 is 0 Å². The van der Waals surface area contributed by atoms with Crippen LogP contribution < -0.4 is 5.56 Å². The maximum atomic E-state index is 12.3. The zero-order valence-corrected chi connectivity index (χ0v) is 11.4. The Kier molecular flexibility index (Phi) is 4.22. The first-order valence-corrected chi connectivity index (χ1v) is 6.79. The highest BCUT2D eigenvalue weighted by Gasteiger charge is 2.22. The number of aryl methyl sites for hydroxylation is 2. The number of carboxylic acids is 1. The number of hydrogen-bond acceptors (Lipinski definition) is 3. The SMILES string of the molecule is CCN(CC(=O)O)C(=O)c1cc2c([nH]c1=O)CCCC2. The minimum atomic E-state index is -1.09. The summed E-state index contributed by atoms with van der Waals surface area (Å²) in [5.74, 6) is -1.61. The van der Waals surface area contributed by atoms with Gasteiger partial charge in [0, 0.05) is 12.2 Å². The van der Waals surface area contributed by atoms with E-state index in [1.807, 2.05) is 0 Å². The lowest BCUT2D eigenvalue weighted by molar-refractivity contribution is -0.137. The van der Waals surface area contributed by atoms with Gasteiger partial charge >= 0.3 is 5.97 Å². The molecule has 6 heteroatoms. The van der Waals surface area contributed by atoms with Gasteiger partial charge in [-0.25, -0.2) is 0 Å². The average Bonchev–Trinajstić information content (AvgIpc) is 2.43. The van der Waals surface area contributed by atoms with Crippen molar-refractivity contribution in [2.45, 2.75) is 32.6 Å². The number of carbonyl (C=O) groups excluding carboxylic acids is 1. The molecular formula is C14H18N2O4. The van der Waals surface area contributed by atoms with E-state index in [0.717, 1.165) is 41.8 Å². The Balaban J connectivity index is 2.34. The highest BCUT2D eigenvalue weighted by atomic mass is 16.4. The Morgan fingerprint density at radius 3 is 2.70 bits per heavy atom. The minimum Gasteiger partial charge on any atom is -0.480 e. The molecule has 6 nitrogen and oxygen atoms in total. The highest BCUT2D eigenvalue weighted by Crippen LogP contribution is 2.19. The molecule has 20 heavy (non-hydrogen) atoms. The number of likely N-dealkylation sites (N-methyl/N-ethyl adjacent to an activating group) is 1. The summed E-state index contributed by atoms with van der Waals surface area (Å²) in [4.78, 5) is 38.9. The van der Waals surface area contributed by atoms with Gasteiger partial charge in [-0.2, -0.15) is 0 Å². The molecule has 2 N–H and O–H groups in total. The van der Waals surface area contributed by atoms with Crippen molar-refractivity contribution in [2.24, 2.45) is 0 Å². The van der Waals surface area contributed by atoms with Crippen molar-refractivity contribution in [2.75, 3.05) is 13.1 Å². The summed E-state index contributed by atoms with van der Waals surface area (Å²) in [7, 11) is 0. The third-order valence-electron chi connectivity index (χ3n) is 3.56. The van der Waals surface area contributed by atoms with Gasteiger partial charge < -0.3 is 15.0 Å². The van der Waals surface area contributed by atoms with Crippen molar-refractivity contribution < 1.29 is 14.7 Å². The monoisotopic (exact) mass is 278 g/mol. The number of amides is 1. The van der Waals surface area contributed by atoms with E-state index < -0.39 is 24.0 Å². The number of aromatic amines is 1. The summed E-state index contributed by atoms with van der Waals surface area (Å²) in [5, 5.41) is 8.79. The van der Waals surface area contributed by atoms with Crippen LogP contribution in [0.5, 0.6) is 0 Å². The van der Waals surface area contributed by atoms with Crippen LogP contribution in [-0.2, 0) is 17.6 Å². The second kappa shape index (κ2) is 5.90. The number of aromatic nitrogens is 1. The molecule has 1 aromatic rings. The number of nitrogens with one attached hydrogen (secondary N) is 1. The Hall–Kier alpha value is -2.11. The van der Waals surface area contributed by atoms with Crippen LogP contribution in [0.25, 0.3) is 0 Å². The van der Waals surface area contributed by atoms with Gasteiger partial charge in [0.2, 0.25) is 0 Å². The summed E-state index contributed by atoms with van der Waals surface area (Å²) in [6.07, 6.45) is 3.75. The van der Waals surface area contributed by atoms with E-state index in [9.17, 15) is 14.4 Å². The van der Waals surface area contributed by atoms with Gasteiger partial charge in [0.1, 0.15) is 12.1 Å². The number of H-pyrrole nitrogens is 1. The topological polar surface area (TPSA) is 90.5 Å². The molecule has 0 bridgehead atoms. The molecule has 0 aliphatic heterocycles. The van der Waals surface area contributed by atoms with Crippen molar-refractivity contribution in [3.05, 3.63) is 33.2 Å². The normalized spacial score (nSPS) is 13.7. The van der Waals surface area contributed by atoms with E-state index in [1.54, 1.807) is 13.0 Å². The van der Waals surface area contributed by atoms with E-state index in [2.05, 4.69) is 4.98 Å². The van der Waals surface area contributed by atoms with E-state index in [0.29, 0.717) is 0 Å². The number of aliphatic carboxylic acids is 1. The first-order valence-electron chi connectivity index (χ1n) is 6.79. The molecule has 1 aliphatic carbocycles. The maximum absolute atomic E-state index is 12.3. The quantitative estimate of drug-likeness (QED) is 0.852. The summed E-state index contributed by atoms with van der Waals surface area (Å²) < 4.78 is 0. The molecule has 1 amide bonds. The predicted molar refractivity (Wildman–Crippen MR) is 72.9 cm³/mol. The molecule has 0 atom stereocenters. The number of hydrogen-bond donors (Lipinski definition) is 2. The molecule has 0 aromatic carbocycles. The van der Waals surface area contributed by atoms with Crippen LogP contribution in [0.1, 0.15) is 41.4 Å². The highest BCUT2D eigenvalue weighted by molar-refractivity contribution is 5.95. The number of carbonyl (C=O) groups is 2. The number of carboxylic acid groups (broad SMARTS) is 1. The van der Waals surface area contributed by atoms with Crippen LogP contribution in [-0.4, -0.2) is 40.0 Å². The molecule has 1 heterocycles. The van der Waals surface area contributed by atoms with Crippen LogP contribution in [0.3, 0.4) is 0 Å². The number of rotatable bonds is 4. The Morgan fingerprint density at radius 1 is 1.35 bits per heavy atom. The maximum Gasteiger partial charge on any atom is 0.323 e. The van der Waals surface area contributed by atoms with Crippen LogP contribution >= 0.6 is 0 Å². The largest absolute Gasteiger partial charge is 0.480 e. The zero-order chi connectivity index (χ0) is 14.7. The van der Waals surface area contributed by atoms with Crippen LogP contribution in [0.2, 0.25) is 0 Å². The van der Waals surface area contributed by atoms with Gasteiger partial charge in [-0.3, -0.25) is 14.4 Å². The fourth-order valence-corrected chi connectivity index (χ4v) is 2.49. The molecule has 0 fully saturated rings. The van der Waals surface area contributed by atoms with E-state index in [1.165, 1.54) is 0 Å². The Labute approximate surface area is 116 Å². The second-order valence-electron chi connectivity index (χ2n) is 4.94. The number of pyridine rings is 1. The van der Waals surface area contributed by atoms with Crippen LogP contribution in [0, 0.1) is 0 Å². The molecule has 2 rings (SSSR count). The van der Waals surface area contributed by atoms with Gasteiger partial charge in [0.15, 0.2) is 0 Å². The van der Waals surface area contributed by atoms with E-state index in [-0.39, 0.29) is 12.1 Å². The van der Waals surface area contributed by atoms with Crippen molar-refractivity contribution >= 4 is 11.9 Å². The van der Waals surface area contributed by atoms with Gasteiger partial charge in [-0.05, 0) is 44.2 Å². The Bertz CT molecular complexity index is 591. The minimum absolute atomic E-state index is 0.0359. The molecule has 0 radical (unpaired) electrons. The predicted octanol–water partition coefficient (Wildman–Crippen LogP) is 0.800. The second-order valence-corrected chi connectivity index (χ2v) is 4.94. The molecule has 1 aliphatic rings. The lowest BCUT2D eigenvalue weighted by Crippen LogP contribution is -2.38. The molecule has 1 aromatic heterocycles. The average molecular weight is 278 g/mol. The molecule has 108 valence electrons. The van der Waals surface area contributed by atoms with Crippen LogP contribution in [0.4, 0.5) is 0 Å². The first-order chi connectivity index (χ1) is 9.52. The van der Waals surface area contributed by atoms with Gasteiger partial charge in [-0.1, -0.05) is 0 Å². The van der Waals surface area contributed by atoms with Gasteiger partial charge in [-0.15, -0.1) is 0 Å². The van der Waals surface area contributed by atoms with E-state index in [4.69, 9.17) is 5.11 Å². The zero-order valence-electron chi connectivity index (χ0n) is 11.4. The summed E-state index contributed by atoms with van der Waals surface area (Å²) in [6, 6.07) is 1.63. The molecule has 0 saturated heterocycles. The number of nitrogens with zero attached hydrogens (tertiary/aromatic N) is 1. The van der Waals surface area contributed by atoms with Crippen molar-refractivity contribution in [1.82, 2.24) is 9.88 Å². The fourth-order valence-electron chi connectivity index (χ4n) is 2.49. The van der Waals surface area contributed by atoms with Crippen molar-refractivity contribution in [3.8, 4) is 0 Å². The van der Waals surface area contributed by atoms with Gasteiger partial charge in [0.05, 0.1) is 0 Å². The number of fused-ring (bicyclic) bond motifs is 1. The standard InChI is InChI=1S/C14H18N2O4/c1-2-16(8-12(17)18)14(20)10-7-9-5-3-4-6-11(9)15-13(10)19/h7H,2-6,8H2,1H3,(H,15,19)(H,17,18). The van der Waals surface area contributed by atoms with Crippen molar-refractivity contribution in [3.63, 3.8) is 0 Å². The smallest absolute Gasteiger partial charge is 0.323 e. The molecular weight excluding hydrogens is 260 g/mol. The molecule has 0 spiro atoms. The Morgan fingerprint density at radius 2 is 2.05 bits per heavy atom. The summed E-state index contributed by atoms with van der Waals surface area (Å²) in [5.41, 5.74) is 1.50. The third kappa shape index (κ3) is 2.89. The van der Waals surface area contributed by atoms with Crippen LogP contribution in [0.15, 0.2) is 10.9 Å². The first kappa shape index (κ1) is 14.3. The summed E-state index contributed by atoms with van der Waals surface area (Å²) in [6.45, 7) is 1.54. The van der Waals surface area contributed by atoms with Gasteiger partial charge in [0.25, 0.3) is 11.5 Å². The van der Waals surface area contributed by atoms with Crippen molar-refractivity contribution in [1.29, 1.82) is 0 Å². The molecule has 0 unspecified atom stereocenters. The molecule has 0 saturated carbocycles. The summed E-state index contributed by atoms with van der Waals surface area (Å²) >= 11 is 0.